The highest BCUT2D eigenvalue weighted by Gasteiger charge is 2.35. The molecule has 2 unspecified atom stereocenters. The summed E-state index contributed by atoms with van der Waals surface area (Å²) < 4.78 is 5.61. The number of hydrogen-bond donors (Lipinski definition) is 2. The summed E-state index contributed by atoms with van der Waals surface area (Å²) in [6.45, 7) is 4.84. The first-order valence-corrected chi connectivity index (χ1v) is 5.99. The van der Waals surface area contributed by atoms with E-state index >= 15 is 0 Å². The number of nitrogens with two attached hydrogens (primary N) is 1. The lowest BCUT2D eigenvalue weighted by atomic mass is 9.98. The second kappa shape index (κ2) is 4.78. The Morgan fingerprint density at radius 3 is 3.00 bits per heavy atom. The normalized spacial score (nSPS) is 37.6. The standard InChI is InChI=1S/C11H23N3O/c1-14-5-4-11(8-12,9-14)13-7-10-3-2-6-15-10/h10,13H,2-9,12H2,1H3. The fourth-order valence-electron chi connectivity index (χ4n) is 2.60. The van der Waals surface area contributed by atoms with E-state index in [1.54, 1.807) is 0 Å². The van der Waals surface area contributed by atoms with Gasteiger partial charge in [-0.1, -0.05) is 0 Å². The van der Waals surface area contributed by atoms with Gasteiger partial charge in [-0.2, -0.15) is 0 Å². The number of nitrogens with one attached hydrogen (secondary N) is 1. The Labute approximate surface area is 92.1 Å². The van der Waals surface area contributed by atoms with Gasteiger partial charge >= 0.3 is 0 Å². The van der Waals surface area contributed by atoms with E-state index in [1.807, 2.05) is 0 Å². The second-order valence-corrected chi connectivity index (χ2v) is 4.99. The van der Waals surface area contributed by atoms with E-state index in [2.05, 4.69) is 17.3 Å². The third-order valence-electron chi connectivity index (χ3n) is 3.66. The van der Waals surface area contributed by atoms with Crippen LogP contribution in [0.25, 0.3) is 0 Å². The summed E-state index contributed by atoms with van der Waals surface area (Å²) in [7, 11) is 2.16. The van der Waals surface area contributed by atoms with Crippen molar-refractivity contribution in [1.29, 1.82) is 0 Å². The van der Waals surface area contributed by atoms with Crippen molar-refractivity contribution in [2.75, 3.05) is 39.8 Å². The zero-order chi connectivity index (χ0) is 10.7. The van der Waals surface area contributed by atoms with Gasteiger partial charge in [0.05, 0.1) is 6.10 Å². The van der Waals surface area contributed by atoms with Crippen LogP contribution in [0.2, 0.25) is 0 Å². The minimum absolute atomic E-state index is 0.140. The first-order chi connectivity index (χ1) is 7.24. The third kappa shape index (κ3) is 2.69. The zero-order valence-electron chi connectivity index (χ0n) is 9.67. The van der Waals surface area contributed by atoms with Gasteiger partial charge in [0.1, 0.15) is 0 Å². The van der Waals surface area contributed by atoms with Crippen LogP contribution in [-0.4, -0.2) is 56.4 Å². The first kappa shape index (κ1) is 11.3. The molecule has 2 rings (SSSR count). The number of rotatable bonds is 4. The van der Waals surface area contributed by atoms with Gasteiger partial charge in [0.15, 0.2) is 0 Å². The highest BCUT2D eigenvalue weighted by molar-refractivity contribution is 4.97. The predicted molar refractivity (Wildman–Crippen MR) is 60.9 cm³/mol. The van der Waals surface area contributed by atoms with Gasteiger partial charge < -0.3 is 20.7 Å². The SMILES string of the molecule is CN1CCC(CN)(NCC2CCCO2)C1. The molecule has 0 aromatic rings. The van der Waals surface area contributed by atoms with Crippen LogP contribution in [0.3, 0.4) is 0 Å². The molecule has 4 nitrogen and oxygen atoms in total. The maximum absolute atomic E-state index is 5.89. The molecule has 2 aliphatic rings. The quantitative estimate of drug-likeness (QED) is 0.678. The Morgan fingerprint density at radius 1 is 1.60 bits per heavy atom. The molecule has 0 amide bonds. The van der Waals surface area contributed by atoms with Crippen LogP contribution in [0.5, 0.6) is 0 Å². The summed E-state index contributed by atoms with van der Waals surface area (Å²) in [5.41, 5.74) is 6.03. The molecular formula is C11H23N3O. The summed E-state index contributed by atoms with van der Waals surface area (Å²) in [4.78, 5) is 2.34. The predicted octanol–water partition coefficient (Wildman–Crippen LogP) is -0.212. The lowest BCUT2D eigenvalue weighted by molar-refractivity contribution is 0.101. The first-order valence-electron chi connectivity index (χ1n) is 5.99. The molecule has 2 saturated heterocycles. The molecule has 88 valence electrons. The minimum Gasteiger partial charge on any atom is -0.377 e. The van der Waals surface area contributed by atoms with Crippen molar-refractivity contribution < 1.29 is 4.74 Å². The Balaban J connectivity index is 1.80. The molecule has 0 spiro atoms. The lowest BCUT2D eigenvalue weighted by Gasteiger charge is -2.30. The Bertz CT molecular complexity index is 206. The monoisotopic (exact) mass is 213 g/mol. The summed E-state index contributed by atoms with van der Waals surface area (Å²) in [5, 5.41) is 3.63. The molecule has 0 aromatic carbocycles. The molecular weight excluding hydrogens is 190 g/mol. The van der Waals surface area contributed by atoms with Crippen LogP contribution in [0.1, 0.15) is 19.3 Å². The molecule has 2 fully saturated rings. The highest BCUT2D eigenvalue weighted by Crippen LogP contribution is 2.20. The topological polar surface area (TPSA) is 50.5 Å². The van der Waals surface area contributed by atoms with Gasteiger partial charge in [-0.3, -0.25) is 0 Å². The molecule has 0 bridgehead atoms. The van der Waals surface area contributed by atoms with Gasteiger partial charge in [0, 0.05) is 31.8 Å². The molecule has 0 aromatic heterocycles. The van der Waals surface area contributed by atoms with Crippen molar-refractivity contribution in [3.05, 3.63) is 0 Å². The van der Waals surface area contributed by atoms with E-state index in [9.17, 15) is 0 Å². The number of likely N-dealkylation sites (N-methyl/N-ethyl adjacent to an activating group) is 1. The number of nitrogens with zero attached hydrogens (tertiary/aromatic N) is 1. The molecule has 2 atom stereocenters. The fraction of sp³-hybridized carbons (Fsp3) is 1.00. The smallest absolute Gasteiger partial charge is 0.0700 e. The molecule has 0 aliphatic carbocycles. The van der Waals surface area contributed by atoms with E-state index in [0.717, 1.165) is 39.2 Å². The minimum atomic E-state index is 0.140. The molecule has 2 heterocycles. The number of likely N-dealkylation sites (tertiary alicyclic amines) is 1. The largest absolute Gasteiger partial charge is 0.377 e. The van der Waals surface area contributed by atoms with Crippen LogP contribution in [-0.2, 0) is 4.74 Å². The van der Waals surface area contributed by atoms with Crippen LogP contribution in [0.15, 0.2) is 0 Å². The lowest BCUT2D eigenvalue weighted by Crippen LogP contribution is -2.54. The molecule has 0 radical (unpaired) electrons. The average molecular weight is 213 g/mol. The molecule has 2 aliphatic heterocycles. The summed E-state index contributed by atoms with van der Waals surface area (Å²) >= 11 is 0. The van der Waals surface area contributed by atoms with E-state index in [-0.39, 0.29) is 5.54 Å². The van der Waals surface area contributed by atoms with E-state index in [4.69, 9.17) is 10.5 Å². The summed E-state index contributed by atoms with van der Waals surface area (Å²) in [6.07, 6.45) is 3.98. The molecule has 4 heteroatoms. The van der Waals surface area contributed by atoms with E-state index in [1.165, 1.54) is 12.8 Å². The van der Waals surface area contributed by atoms with Crippen molar-refractivity contribution in [3.63, 3.8) is 0 Å². The van der Waals surface area contributed by atoms with E-state index in [0.29, 0.717) is 6.10 Å². The van der Waals surface area contributed by atoms with Gasteiger partial charge in [-0.25, -0.2) is 0 Å². The zero-order valence-corrected chi connectivity index (χ0v) is 9.67. The van der Waals surface area contributed by atoms with Crippen LogP contribution in [0.4, 0.5) is 0 Å². The maximum atomic E-state index is 5.89. The summed E-state index contributed by atoms with van der Waals surface area (Å²) in [6, 6.07) is 0. The fourth-order valence-corrected chi connectivity index (χ4v) is 2.60. The Kier molecular flexibility index (Phi) is 3.61. The van der Waals surface area contributed by atoms with Crippen molar-refractivity contribution in [2.24, 2.45) is 5.73 Å². The van der Waals surface area contributed by atoms with Crippen molar-refractivity contribution in [3.8, 4) is 0 Å². The molecule has 15 heavy (non-hydrogen) atoms. The average Bonchev–Trinajstić information content (AvgIpc) is 2.85. The van der Waals surface area contributed by atoms with Gasteiger partial charge in [0.25, 0.3) is 0 Å². The van der Waals surface area contributed by atoms with Gasteiger partial charge in [0.2, 0.25) is 0 Å². The van der Waals surface area contributed by atoms with Crippen LogP contribution < -0.4 is 11.1 Å². The van der Waals surface area contributed by atoms with Crippen molar-refractivity contribution >= 4 is 0 Å². The van der Waals surface area contributed by atoms with Gasteiger partial charge in [-0.05, 0) is 32.9 Å². The number of hydrogen-bond acceptors (Lipinski definition) is 4. The van der Waals surface area contributed by atoms with E-state index < -0.39 is 0 Å². The van der Waals surface area contributed by atoms with Crippen molar-refractivity contribution in [2.45, 2.75) is 30.9 Å². The van der Waals surface area contributed by atoms with Gasteiger partial charge in [-0.15, -0.1) is 0 Å². The second-order valence-electron chi connectivity index (χ2n) is 4.99. The van der Waals surface area contributed by atoms with Crippen LogP contribution >= 0.6 is 0 Å². The Hall–Kier alpha value is -0.160. The number of ether oxygens (including phenoxy) is 1. The molecule has 0 saturated carbocycles. The molecule has 3 N–H and O–H groups in total. The maximum Gasteiger partial charge on any atom is 0.0700 e. The van der Waals surface area contributed by atoms with Crippen molar-refractivity contribution in [1.82, 2.24) is 10.2 Å². The third-order valence-corrected chi connectivity index (χ3v) is 3.66. The Morgan fingerprint density at radius 2 is 2.47 bits per heavy atom. The highest BCUT2D eigenvalue weighted by atomic mass is 16.5. The van der Waals surface area contributed by atoms with Crippen LogP contribution in [0, 0.1) is 0 Å². The summed E-state index contributed by atoms with van der Waals surface area (Å²) in [5.74, 6) is 0.